The number of methoxy groups -OCH3 is 1. The van der Waals surface area contributed by atoms with Gasteiger partial charge in [0.15, 0.2) is 16.6 Å². The lowest BCUT2D eigenvalue weighted by molar-refractivity contribution is -0.384. The molecule has 0 bridgehead atoms. The molecule has 29 heavy (non-hydrogen) atoms. The molecule has 2 aromatic heterocycles. The number of hydrogen-bond acceptors (Lipinski definition) is 7. The van der Waals surface area contributed by atoms with Crippen LogP contribution < -0.4 is 10.1 Å². The highest BCUT2D eigenvalue weighted by atomic mass is 35.5. The van der Waals surface area contributed by atoms with E-state index < -0.39 is 10.8 Å². The second kappa shape index (κ2) is 7.53. The fourth-order valence-electron chi connectivity index (χ4n) is 2.69. The first-order valence-corrected chi connectivity index (χ1v) is 9.44. The Morgan fingerprint density at radius 3 is 2.69 bits per heavy atom. The Balaban J connectivity index is 1.59. The number of nitrogens with one attached hydrogen (secondary N) is 1. The van der Waals surface area contributed by atoms with Crippen LogP contribution in [0.3, 0.4) is 0 Å². The Morgan fingerprint density at radius 2 is 2.00 bits per heavy atom. The number of ether oxygens (including phenoxy) is 1. The first kappa shape index (κ1) is 18.9. The van der Waals surface area contributed by atoms with Crippen LogP contribution in [0.5, 0.6) is 5.75 Å². The van der Waals surface area contributed by atoms with Crippen LogP contribution in [0.15, 0.2) is 52.9 Å². The summed E-state index contributed by atoms with van der Waals surface area (Å²) < 4.78 is 11.3. The zero-order valence-corrected chi connectivity index (χ0v) is 16.4. The highest BCUT2D eigenvalue weighted by molar-refractivity contribution is 7.22. The SMILES string of the molecule is COc1cc([N+](=O)[O-])cc2sc(NC(=O)c3ccc(-c4ccc(Cl)cc4)o3)nc12. The maximum absolute atomic E-state index is 12.5. The average molecular weight is 430 g/mol. The van der Waals surface area contributed by atoms with E-state index in [9.17, 15) is 14.9 Å². The first-order valence-electron chi connectivity index (χ1n) is 8.24. The van der Waals surface area contributed by atoms with E-state index in [0.717, 1.165) is 16.9 Å². The molecule has 0 spiro atoms. The van der Waals surface area contributed by atoms with E-state index in [0.29, 0.717) is 21.0 Å². The number of nitrogens with zero attached hydrogens (tertiary/aromatic N) is 2. The van der Waals surface area contributed by atoms with E-state index in [1.807, 2.05) is 0 Å². The molecule has 1 N–H and O–H groups in total. The molecule has 8 nitrogen and oxygen atoms in total. The van der Waals surface area contributed by atoms with Crippen molar-refractivity contribution in [2.75, 3.05) is 12.4 Å². The van der Waals surface area contributed by atoms with Crippen LogP contribution in [0.2, 0.25) is 5.02 Å². The molecular formula is C19H12ClN3O5S. The maximum atomic E-state index is 12.5. The quantitative estimate of drug-likeness (QED) is 0.337. The zero-order chi connectivity index (χ0) is 20.5. The number of nitro groups is 1. The van der Waals surface area contributed by atoms with Crippen molar-refractivity contribution in [1.82, 2.24) is 4.98 Å². The standard InChI is InChI=1S/C19H12ClN3O5S/c1-27-15-8-12(23(25)26)9-16-17(15)21-19(29-16)22-18(24)14-7-6-13(28-14)10-2-4-11(20)5-3-10/h2-9H,1H3,(H,21,22,24). The number of anilines is 1. The third-order valence-corrected chi connectivity index (χ3v) is 5.22. The lowest BCUT2D eigenvalue weighted by atomic mass is 10.2. The fraction of sp³-hybridized carbons (Fsp3) is 0.0526. The van der Waals surface area contributed by atoms with E-state index in [-0.39, 0.29) is 22.3 Å². The molecule has 0 radical (unpaired) electrons. The first-order chi connectivity index (χ1) is 13.9. The van der Waals surface area contributed by atoms with Crippen molar-refractivity contribution in [3.8, 4) is 17.1 Å². The smallest absolute Gasteiger partial charge is 0.293 e. The lowest BCUT2D eigenvalue weighted by Gasteiger charge is -2.00. The highest BCUT2D eigenvalue weighted by Gasteiger charge is 2.19. The van der Waals surface area contributed by atoms with Gasteiger partial charge in [-0.3, -0.25) is 20.2 Å². The minimum atomic E-state index is -0.513. The molecule has 146 valence electrons. The van der Waals surface area contributed by atoms with Crippen LogP contribution in [-0.4, -0.2) is 22.9 Å². The molecule has 0 aliphatic carbocycles. The predicted molar refractivity (Wildman–Crippen MR) is 110 cm³/mol. The number of aromatic nitrogens is 1. The van der Waals surface area contributed by atoms with Crippen LogP contribution in [0.1, 0.15) is 10.6 Å². The van der Waals surface area contributed by atoms with Gasteiger partial charge in [-0.05, 0) is 36.4 Å². The van der Waals surface area contributed by atoms with Gasteiger partial charge >= 0.3 is 0 Å². The van der Waals surface area contributed by atoms with E-state index in [1.54, 1.807) is 36.4 Å². The van der Waals surface area contributed by atoms with Gasteiger partial charge in [-0.25, -0.2) is 4.98 Å². The van der Waals surface area contributed by atoms with Crippen LogP contribution >= 0.6 is 22.9 Å². The van der Waals surface area contributed by atoms with Gasteiger partial charge in [0.1, 0.15) is 11.3 Å². The number of non-ortho nitro benzene ring substituents is 1. The van der Waals surface area contributed by atoms with Crippen LogP contribution in [0.25, 0.3) is 21.5 Å². The van der Waals surface area contributed by atoms with E-state index in [4.69, 9.17) is 20.8 Å². The zero-order valence-electron chi connectivity index (χ0n) is 14.8. The Bertz CT molecular complexity index is 1230. The summed E-state index contributed by atoms with van der Waals surface area (Å²) in [6.07, 6.45) is 0. The van der Waals surface area contributed by atoms with Gasteiger partial charge < -0.3 is 9.15 Å². The summed E-state index contributed by atoms with van der Waals surface area (Å²) >= 11 is 6.98. The number of halogens is 1. The van der Waals surface area contributed by atoms with Crippen LogP contribution in [-0.2, 0) is 0 Å². The number of benzene rings is 2. The maximum Gasteiger partial charge on any atom is 0.293 e. The number of fused-ring (bicyclic) bond motifs is 1. The minimum Gasteiger partial charge on any atom is -0.494 e. The van der Waals surface area contributed by atoms with Gasteiger partial charge in [-0.2, -0.15) is 0 Å². The number of carbonyl (C=O) groups is 1. The summed E-state index contributed by atoms with van der Waals surface area (Å²) in [6.45, 7) is 0. The monoisotopic (exact) mass is 429 g/mol. The molecular weight excluding hydrogens is 418 g/mol. The fourth-order valence-corrected chi connectivity index (χ4v) is 3.72. The van der Waals surface area contributed by atoms with Crippen molar-refractivity contribution in [3.63, 3.8) is 0 Å². The third kappa shape index (κ3) is 3.78. The third-order valence-electron chi connectivity index (χ3n) is 4.05. The largest absolute Gasteiger partial charge is 0.494 e. The summed E-state index contributed by atoms with van der Waals surface area (Å²) in [5.74, 6) is 0.396. The Labute approximate surface area is 172 Å². The van der Waals surface area contributed by atoms with Gasteiger partial charge in [0, 0.05) is 16.7 Å². The lowest BCUT2D eigenvalue weighted by Crippen LogP contribution is -2.10. The molecule has 0 fully saturated rings. The van der Waals surface area contributed by atoms with Crippen molar-refractivity contribution in [3.05, 3.63) is 69.4 Å². The molecule has 4 aromatic rings. The number of thiazole rings is 1. The van der Waals surface area contributed by atoms with Crippen molar-refractivity contribution in [2.45, 2.75) is 0 Å². The van der Waals surface area contributed by atoms with Crippen molar-refractivity contribution >= 4 is 49.9 Å². The van der Waals surface area contributed by atoms with Gasteiger partial charge in [0.25, 0.3) is 11.6 Å². The summed E-state index contributed by atoms with van der Waals surface area (Å²) in [5, 5.41) is 14.6. The summed E-state index contributed by atoms with van der Waals surface area (Å²) in [4.78, 5) is 27.4. The topological polar surface area (TPSA) is 108 Å². The van der Waals surface area contributed by atoms with Gasteiger partial charge in [0.05, 0.1) is 22.8 Å². The Morgan fingerprint density at radius 1 is 1.24 bits per heavy atom. The number of carbonyl (C=O) groups excluding carboxylic acids is 1. The van der Waals surface area contributed by atoms with Gasteiger partial charge in [0.2, 0.25) is 0 Å². The predicted octanol–water partition coefficient (Wildman–Crippen LogP) is 5.38. The molecule has 0 saturated heterocycles. The summed E-state index contributed by atoms with van der Waals surface area (Å²) in [6, 6.07) is 12.9. The van der Waals surface area contributed by atoms with Crippen molar-refractivity contribution in [2.24, 2.45) is 0 Å². The Hall–Kier alpha value is -3.43. The number of hydrogen-bond donors (Lipinski definition) is 1. The second-order valence-electron chi connectivity index (χ2n) is 5.90. The number of nitro benzene ring substituents is 1. The minimum absolute atomic E-state index is 0.104. The average Bonchev–Trinajstić information content (AvgIpc) is 3.34. The molecule has 4 rings (SSSR count). The van der Waals surface area contributed by atoms with Crippen LogP contribution in [0, 0.1) is 10.1 Å². The Kier molecular flexibility index (Phi) is 4.91. The normalized spacial score (nSPS) is 10.8. The number of rotatable bonds is 5. The van der Waals surface area contributed by atoms with E-state index in [1.165, 1.54) is 19.2 Å². The summed E-state index contributed by atoms with van der Waals surface area (Å²) in [7, 11) is 1.40. The van der Waals surface area contributed by atoms with E-state index in [2.05, 4.69) is 10.3 Å². The molecule has 10 heteroatoms. The summed E-state index contributed by atoms with van der Waals surface area (Å²) in [5.41, 5.74) is 1.10. The molecule has 2 aromatic carbocycles. The van der Waals surface area contributed by atoms with Gasteiger partial charge in [-0.1, -0.05) is 22.9 Å². The molecule has 0 unspecified atom stereocenters. The number of furan rings is 1. The molecule has 0 aliphatic heterocycles. The second-order valence-corrected chi connectivity index (χ2v) is 7.36. The molecule has 0 aliphatic rings. The van der Waals surface area contributed by atoms with Crippen LogP contribution in [0.4, 0.5) is 10.8 Å². The van der Waals surface area contributed by atoms with Crippen molar-refractivity contribution in [1.29, 1.82) is 0 Å². The van der Waals surface area contributed by atoms with E-state index >= 15 is 0 Å². The van der Waals surface area contributed by atoms with Crippen molar-refractivity contribution < 1.29 is 18.9 Å². The number of amides is 1. The highest BCUT2D eigenvalue weighted by Crippen LogP contribution is 2.36. The molecule has 2 heterocycles. The molecule has 1 amide bonds. The molecule has 0 saturated carbocycles. The molecule has 0 atom stereocenters. The van der Waals surface area contributed by atoms with Gasteiger partial charge in [-0.15, -0.1) is 0 Å².